The van der Waals surface area contributed by atoms with Crippen LogP contribution in [0.5, 0.6) is 17.2 Å². The van der Waals surface area contributed by atoms with Gasteiger partial charge in [0.2, 0.25) is 5.91 Å². The highest BCUT2D eigenvalue weighted by atomic mass is 35.5. The molecular formula is C54H65Cl2FN8O10. The van der Waals surface area contributed by atoms with Gasteiger partial charge in [-0.3, -0.25) is 19.3 Å². The molecule has 1 fully saturated rings. The number of rotatable bonds is 14. The highest BCUT2D eigenvalue weighted by Crippen LogP contribution is 2.45. The number of ether oxygens (including phenoxy) is 5. The van der Waals surface area contributed by atoms with E-state index in [2.05, 4.69) is 20.4 Å². The number of nitrogens with two attached hydrogens (primary N) is 2. The summed E-state index contributed by atoms with van der Waals surface area (Å²) >= 11 is 12.5. The van der Waals surface area contributed by atoms with Gasteiger partial charge in [-0.25, -0.2) is 14.2 Å². The third-order valence-corrected chi connectivity index (χ3v) is 14.5. The van der Waals surface area contributed by atoms with Gasteiger partial charge in [-0.1, -0.05) is 55.3 Å². The number of piperidine rings is 1. The van der Waals surface area contributed by atoms with Gasteiger partial charge in [-0.2, -0.15) is 5.10 Å². The zero-order valence-electron chi connectivity index (χ0n) is 42.8. The number of aromatic hydroxyl groups is 2. The Kier molecular flexibility index (Phi) is 18.9. The summed E-state index contributed by atoms with van der Waals surface area (Å²) < 4.78 is 45.7. The number of aromatic nitrogens is 3. The maximum atomic E-state index is 14.2. The fraction of sp³-hybridized carbons (Fsp3) is 0.444. The SMILES string of the molecule is COC1/C=C\C=C(C)C(=O)Nc2cc(O)c(N=CCCCCC(=O)N3CCC(n4cc(-c5cnc(N)c(OC(C)c6c(Cl)ccc(F)c6Cl)c5)cn4)CC3)c(c2O)CC(C)CC(OC)C2OC(=CC2C)C1OC(N)=O. The third-order valence-electron chi connectivity index (χ3n) is 13.8. The number of likely N-dealkylation sites (tertiary alicyclic amines) is 1. The summed E-state index contributed by atoms with van der Waals surface area (Å²) in [5.41, 5.74) is 14.2. The van der Waals surface area contributed by atoms with Crippen molar-refractivity contribution in [2.24, 2.45) is 22.6 Å². The maximum Gasteiger partial charge on any atom is 0.405 e. The number of primary amides is 1. The molecule has 5 heterocycles. The van der Waals surface area contributed by atoms with Gasteiger partial charge in [-0.05, 0) is 89.0 Å². The fourth-order valence-electron chi connectivity index (χ4n) is 9.65. The summed E-state index contributed by atoms with van der Waals surface area (Å²) in [6.45, 7) is 8.36. The number of methoxy groups -OCH3 is 2. The van der Waals surface area contributed by atoms with Gasteiger partial charge in [-0.15, -0.1) is 0 Å². The van der Waals surface area contributed by atoms with Crippen LogP contribution in [0.25, 0.3) is 11.1 Å². The first kappa shape index (κ1) is 56.1. The molecular weight excluding hydrogens is 1010 g/mol. The largest absolute Gasteiger partial charge is 0.506 e. The number of amides is 3. The minimum absolute atomic E-state index is 0.00673. The number of phenols is 2. The number of aliphatic imine (C=N–C) groups is 1. The standard InChI is InChI=1S/C54H65Cl2FN8O10/c1-29-21-36-48(40(66)25-39(49(36)68)63-53(69)30(2)11-10-12-41(71-5)51(75-54(59)70)43-23-31(3)50(74-43)42(22-29)72-6)60-18-9-7-8-13-45(67)64-19-16-35(17-20-64)65-28-34(27-62-65)33-24-44(52(58)61-26-33)73-32(4)46-37(55)14-15-38(57)47(46)56/h10-12,14-15,18,23-29,31-32,35,41-42,50-51,66,68H,7-9,13,16-17,19-22H2,1-6H3,(H2,58,61)(H2,59,70)(H,63,69)/b12-10-,30-11?,60-18?. The molecule has 402 valence electrons. The van der Waals surface area contributed by atoms with Crippen molar-refractivity contribution in [1.82, 2.24) is 19.7 Å². The van der Waals surface area contributed by atoms with Crippen molar-refractivity contribution in [1.29, 1.82) is 0 Å². The first-order valence-electron chi connectivity index (χ1n) is 24.9. The van der Waals surface area contributed by atoms with Crippen LogP contribution in [0.4, 0.5) is 26.4 Å². The number of unbranched alkanes of at least 4 members (excludes halogenated alkanes) is 2. The van der Waals surface area contributed by atoms with Gasteiger partial charge < -0.3 is 55.6 Å². The maximum absolute atomic E-state index is 14.2. The van der Waals surface area contributed by atoms with E-state index < -0.39 is 48.3 Å². The number of carbonyl (C=O) groups is 3. The predicted molar refractivity (Wildman–Crippen MR) is 284 cm³/mol. The van der Waals surface area contributed by atoms with Crippen LogP contribution in [0.1, 0.15) is 95.9 Å². The second kappa shape index (κ2) is 25.2. The average molecular weight is 1080 g/mol. The molecule has 0 aliphatic carbocycles. The first-order chi connectivity index (χ1) is 35.9. The molecule has 4 bridgehead atoms. The molecule has 3 amide bonds. The number of hydrogen-bond acceptors (Lipinski definition) is 14. The Morgan fingerprint density at radius 2 is 1.85 bits per heavy atom. The number of halogens is 3. The predicted octanol–water partition coefficient (Wildman–Crippen LogP) is 10.1. The number of nitrogens with zero attached hydrogens (tertiary/aromatic N) is 5. The zero-order valence-corrected chi connectivity index (χ0v) is 44.3. The number of anilines is 2. The molecule has 7 rings (SSSR count). The molecule has 7 N–H and O–H groups in total. The van der Waals surface area contributed by atoms with E-state index in [9.17, 15) is 29.0 Å². The molecule has 2 aromatic heterocycles. The van der Waals surface area contributed by atoms with Crippen LogP contribution in [0.3, 0.4) is 0 Å². The van der Waals surface area contributed by atoms with Crippen molar-refractivity contribution in [3.63, 3.8) is 0 Å². The lowest BCUT2D eigenvalue weighted by Gasteiger charge is -2.32. The van der Waals surface area contributed by atoms with Gasteiger partial charge in [0.25, 0.3) is 5.91 Å². The molecule has 4 aromatic rings. The van der Waals surface area contributed by atoms with Crippen LogP contribution in [-0.4, -0.2) is 106 Å². The van der Waals surface area contributed by atoms with Gasteiger partial charge in [0.05, 0.1) is 29.1 Å². The van der Waals surface area contributed by atoms with Crippen LogP contribution in [-0.2, 0) is 35.0 Å². The molecule has 1 saturated heterocycles. The van der Waals surface area contributed by atoms with E-state index in [4.69, 9.17) is 58.4 Å². The molecule has 7 unspecified atom stereocenters. The Morgan fingerprint density at radius 3 is 2.57 bits per heavy atom. The molecule has 7 atom stereocenters. The quantitative estimate of drug-likeness (QED) is 0.0260. The Morgan fingerprint density at radius 1 is 1.09 bits per heavy atom. The van der Waals surface area contributed by atoms with Crippen LogP contribution < -0.4 is 21.5 Å². The van der Waals surface area contributed by atoms with Crippen molar-refractivity contribution in [3.8, 4) is 28.4 Å². The number of benzene rings is 2. The molecule has 0 radical (unpaired) electrons. The normalized spacial score (nSPS) is 22.6. The molecule has 3 aliphatic heterocycles. The number of hydrogen-bond donors (Lipinski definition) is 5. The van der Waals surface area contributed by atoms with E-state index in [1.54, 1.807) is 57.8 Å². The summed E-state index contributed by atoms with van der Waals surface area (Å²) in [5, 5.41) is 30.6. The topological polar surface area (TPSA) is 248 Å². The monoisotopic (exact) mass is 1070 g/mol. The van der Waals surface area contributed by atoms with Gasteiger partial charge in [0, 0.05) is 97.2 Å². The number of nitrogen functional groups attached to an aromatic ring is 1. The van der Waals surface area contributed by atoms with Gasteiger partial charge in [0.15, 0.2) is 17.7 Å². The van der Waals surface area contributed by atoms with E-state index in [0.717, 1.165) is 18.4 Å². The number of nitrogens with one attached hydrogen (secondary N) is 1. The first-order valence-corrected chi connectivity index (χ1v) is 25.7. The van der Waals surface area contributed by atoms with Crippen molar-refractivity contribution in [2.75, 3.05) is 38.4 Å². The molecule has 2 aromatic carbocycles. The number of allylic oxidation sites excluding steroid dienone is 2. The van der Waals surface area contributed by atoms with Crippen molar-refractivity contribution >= 4 is 64.5 Å². The lowest BCUT2D eigenvalue weighted by molar-refractivity contribution is -0.132. The number of fused-ring (bicyclic) bond motifs is 4. The Balaban J connectivity index is 0.948. The second-order valence-electron chi connectivity index (χ2n) is 19.2. The van der Waals surface area contributed by atoms with Crippen LogP contribution >= 0.6 is 23.2 Å². The summed E-state index contributed by atoms with van der Waals surface area (Å²) in [7, 11) is 3.03. The Hall–Kier alpha value is -6.67. The van der Waals surface area contributed by atoms with Crippen molar-refractivity contribution in [3.05, 3.63) is 105 Å². The second-order valence-corrected chi connectivity index (χ2v) is 20.0. The zero-order chi connectivity index (χ0) is 54.1. The van der Waals surface area contributed by atoms with Crippen LogP contribution in [0.15, 0.2) is 83.5 Å². The van der Waals surface area contributed by atoms with E-state index in [1.165, 1.54) is 31.4 Å². The van der Waals surface area contributed by atoms with Crippen LogP contribution in [0.2, 0.25) is 10.0 Å². The van der Waals surface area contributed by atoms with Crippen molar-refractivity contribution in [2.45, 2.75) is 116 Å². The minimum Gasteiger partial charge on any atom is -0.506 e. The molecule has 0 spiro atoms. The van der Waals surface area contributed by atoms with Gasteiger partial charge >= 0.3 is 6.09 Å². The van der Waals surface area contributed by atoms with Gasteiger partial charge in [0.1, 0.15) is 47.1 Å². The summed E-state index contributed by atoms with van der Waals surface area (Å²) in [6, 6.07) is 5.70. The molecule has 18 nitrogen and oxygen atoms in total. The minimum atomic E-state index is -1.02. The van der Waals surface area contributed by atoms with E-state index in [1.807, 2.05) is 35.7 Å². The van der Waals surface area contributed by atoms with Crippen molar-refractivity contribution < 1.29 is 52.7 Å². The molecule has 0 saturated carbocycles. The summed E-state index contributed by atoms with van der Waals surface area (Å²) in [4.78, 5) is 49.6. The number of pyridine rings is 1. The Labute approximate surface area is 445 Å². The lowest BCUT2D eigenvalue weighted by atomic mass is 9.89. The number of phenolic OH excluding ortho intramolecular Hbond substituents is 2. The van der Waals surface area contributed by atoms with E-state index >= 15 is 0 Å². The smallest absolute Gasteiger partial charge is 0.405 e. The lowest BCUT2D eigenvalue weighted by Crippen LogP contribution is -2.39. The molecule has 3 aliphatic rings. The van der Waals surface area contributed by atoms with E-state index in [-0.39, 0.29) is 80.3 Å². The summed E-state index contributed by atoms with van der Waals surface area (Å²) in [5.74, 6) is -1.12. The van der Waals surface area contributed by atoms with E-state index in [0.29, 0.717) is 67.6 Å². The van der Waals surface area contributed by atoms with Crippen LogP contribution in [0, 0.1) is 17.7 Å². The average Bonchev–Trinajstić information content (AvgIpc) is 4.03. The molecule has 75 heavy (non-hydrogen) atoms. The number of carbonyl (C=O) groups excluding carboxylic acids is 3. The highest BCUT2D eigenvalue weighted by Gasteiger charge is 2.40. The molecule has 21 heteroatoms. The summed E-state index contributed by atoms with van der Waals surface area (Å²) in [6.07, 6.45) is 13.2. The highest BCUT2D eigenvalue weighted by molar-refractivity contribution is 6.36. The fourth-order valence-corrected chi connectivity index (χ4v) is 10.3. The third kappa shape index (κ3) is 13.6. The Bertz CT molecular complexity index is 2850.